The van der Waals surface area contributed by atoms with Crippen LogP contribution in [0.5, 0.6) is 5.75 Å². The van der Waals surface area contributed by atoms with Crippen LogP contribution in [0.25, 0.3) is 0 Å². The monoisotopic (exact) mass is 274 g/mol. The van der Waals surface area contributed by atoms with Crippen molar-refractivity contribution in [1.82, 2.24) is 5.43 Å². The molecular weight excluding hydrogens is 260 g/mol. The largest absolute Gasteiger partial charge is 0.508 e. The fourth-order valence-corrected chi connectivity index (χ4v) is 2.28. The molecule has 0 aliphatic heterocycles. The molecule has 2 aromatic rings. The number of phenols is 1. The lowest BCUT2D eigenvalue weighted by atomic mass is 10.1. The molecule has 1 aromatic heterocycles. The van der Waals surface area contributed by atoms with E-state index in [1.165, 1.54) is 4.88 Å². The number of rotatable bonds is 4. The topological polar surface area (TPSA) is 61.7 Å². The van der Waals surface area contributed by atoms with Gasteiger partial charge in [0.25, 0.3) is 0 Å². The lowest BCUT2D eigenvalue weighted by Gasteiger charge is -2.00. The van der Waals surface area contributed by atoms with Gasteiger partial charge in [0.05, 0.1) is 12.6 Å². The highest BCUT2D eigenvalue weighted by Gasteiger charge is 2.01. The van der Waals surface area contributed by atoms with E-state index in [1.54, 1.807) is 41.8 Å². The first-order chi connectivity index (χ1) is 9.13. The number of thiophene rings is 1. The van der Waals surface area contributed by atoms with E-state index in [0.29, 0.717) is 0 Å². The van der Waals surface area contributed by atoms with Crippen molar-refractivity contribution in [2.24, 2.45) is 5.10 Å². The second-order valence-corrected chi connectivity index (χ2v) is 5.40. The first-order valence-corrected chi connectivity index (χ1v) is 6.61. The Hall–Kier alpha value is -2.14. The smallest absolute Gasteiger partial charge is 0.244 e. The van der Waals surface area contributed by atoms with Gasteiger partial charge < -0.3 is 5.11 Å². The number of phenolic OH excluding ortho intramolecular Hbond substituents is 1. The maximum absolute atomic E-state index is 11.6. The number of nitrogens with one attached hydrogen (secondary N) is 1. The number of nitrogens with zero attached hydrogens (tertiary/aromatic N) is 1. The van der Waals surface area contributed by atoms with Crippen molar-refractivity contribution in [3.8, 4) is 5.75 Å². The number of hydrogen-bond donors (Lipinski definition) is 2. The van der Waals surface area contributed by atoms with E-state index in [1.807, 2.05) is 19.1 Å². The predicted octanol–water partition coefficient (Wildman–Crippen LogP) is 2.45. The minimum absolute atomic E-state index is 0.185. The third kappa shape index (κ3) is 4.22. The summed E-state index contributed by atoms with van der Waals surface area (Å²) < 4.78 is 0. The highest BCUT2D eigenvalue weighted by Crippen LogP contribution is 2.12. The van der Waals surface area contributed by atoms with Gasteiger partial charge in [-0.25, -0.2) is 5.43 Å². The van der Waals surface area contributed by atoms with E-state index in [-0.39, 0.29) is 18.1 Å². The molecule has 0 spiro atoms. The van der Waals surface area contributed by atoms with Crippen molar-refractivity contribution in [2.75, 3.05) is 0 Å². The van der Waals surface area contributed by atoms with Gasteiger partial charge in [-0.1, -0.05) is 12.1 Å². The summed E-state index contributed by atoms with van der Waals surface area (Å²) in [6.45, 7) is 2.02. The molecule has 0 atom stereocenters. The number of aryl methyl sites for hydroxylation is 1. The van der Waals surface area contributed by atoms with Gasteiger partial charge >= 0.3 is 0 Å². The van der Waals surface area contributed by atoms with Crippen molar-refractivity contribution >= 4 is 23.5 Å². The van der Waals surface area contributed by atoms with Crippen LogP contribution in [0.2, 0.25) is 0 Å². The summed E-state index contributed by atoms with van der Waals surface area (Å²) in [6.07, 6.45) is 1.87. The minimum Gasteiger partial charge on any atom is -0.508 e. The normalized spacial score (nSPS) is 10.8. The summed E-state index contributed by atoms with van der Waals surface area (Å²) in [7, 11) is 0. The molecular formula is C14H14N2O2S. The van der Waals surface area contributed by atoms with E-state index in [4.69, 9.17) is 5.11 Å². The quantitative estimate of drug-likeness (QED) is 0.664. The zero-order chi connectivity index (χ0) is 13.7. The fraction of sp³-hybridized carbons (Fsp3) is 0.143. The van der Waals surface area contributed by atoms with Gasteiger partial charge in [0, 0.05) is 9.75 Å². The van der Waals surface area contributed by atoms with Crippen molar-refractivity contribution in [1.29, 1.82) is 0 Å². The Kier molecular flexibility index (Phi) is 4.30. The summed E-state index contributed by atoms with van der Waals surface area (Å²) in [5, 5.41) is 13.0. The summed E-state index contributed by atoms with van der Waals surface area (Å²) >= 11 is 1.62. The first kappa shape index (κ1) is 13.3. The van der Waals surface area contributed by atoms with Crippen molar-refractivity contribution in [3.63, 3.8) is 0 Å². The summed E-state index contributed by atoms with van der Waals surface area (Å²) in [5.74, 6) is 0.00506. The zero-order valence-corrected chi connectivity index (χ0v) is 11.3. The van der Waals surface area contributed by atoms with Gasteiger partial charge in [0.2, 0.25) is 5.91 Å². The number of benzene rings is 1. The molecule has 0 saturated heterocycles. The Labute approximate surface area is 115 Å². The second-order valence-electron chi connectivity index (χ2n) is 4.08. The molecule has 0 aliphatic carbocycles. The molecule has 0 aliphatic rings. The molecule has 5 heteroatoms. The lowest BCUT2D eigenvalue weighted by molar-refractivity contribution is -0.120. The van der Waals surface area contributed by atoms with Crippen LogP contribution in [0.15, 0.2) is 41.5 Å². The summed E-state index contributed by atoms with van der Waals surface area (Å²) in [4.78, 5) is 13.8. The Balaban J connectivity index is 1.84. The summed E-state index contributed by atoms with van der Waals surface area (Å²) in [5.41, 5.74) is 3.31. The predicted molar refractivity (Wildman–Crippen MR) is 76.6 cm³/mol. The number of carbonyl (C=O) groups is 1. The van der Waals surface area contributed by atoms with Gasteiger partial charge in [0.15, 0.2) is 0 Å². The van der Waals surface area contributed by atoms with Gasteiger partial charge in [-0.3, -0.25) is 4.79 Å². The first-order valence-electron chi connectivity index (χ1n) is 5.80. The second kappa shape index (κ2) is 6.15. The van der Waals surface area contributed by atoms with Gasteiger partial charge in [-0.05, 0) is 36.8 Å². The van der Waals surface area contributed by atoms with E-state index >= 15 is 0 Å². The van der Waals surface area contributed by atoms with Crippen molar-refractivity contribution in [2.45, 2.75) is 13.3 Å². The SMILES string of the molecule is Cc1ccc(/C=N/NC(=O)Cc2ccc(O)cc2)s1. The highest BCUT2D eigenvalue weighted by atomic mass is 32.1. The van der Waals surface area contributed by atoms with Crippen LogP contribution in [-0.2, 0) is 11.2 Å². The van der Waals surface area contributed by atoms with E-state index in [2.05, 4.69) is 10.5 Å². The summed E-state index contributed by atoms with van der Waals surface area (Å²) in [6, 6.07) is 10.5. The van der Waals surface area contributed by atoms with Crippen molar-refractivity contribution in [3.05, 3.63) is 51.7 Å². The average molecular weight is 274 g/mol. The Morgan fingerprint density at radius 1 is 1.32 bits per heavy atom. The van der Waals surface area contributed by atoms with Crippen LogP contribution >= 0.6 is 11.3 Å². The average Bonchev–Trinajstić information content (AvgIpc) is 2.78. The van der Waals surface area contributed by atoms with Gasteiger partial charge in [-0.2, -0.15) is 5.10 Å². The standard InChI is InChI=1S/C14H14N2O2S/c1-10-2-7-13(19-10)9-15-16-14(18)8-11-3-5-12(17)6-4-11/h2-7,9,17H,8H2,1H3,(H,16,18)/b15-9+. The van der Waals surface area contributed by atoms with E-state index in [0.717, 1.165) is 10.4 Å². The van der Waals surface area contributed by atoms with Crippen LogP contribution in [0, 0.1) is 6.92 Å². The molecule has 1 aromatic carbocycles. The highest BCUT2D eigenvalue weighted by molar-refractivity contribution is 7.13. The molecule has 0 radical (unpaired) electrons. The fourth-order valence-electron chi connectivity index (χ4n) is 1.53. The molecule has 1 heterocycles. The molecule has 0 unspecified atom stereocenters. The van der Waals surface area contributed by atoms with Gasteiger partial charge in [-0.15, -0.1) is 11.3 Å². The number of aromatic hydroxyl groups is 1. The zero-order valence-electron chi connectivity index (χ0n) is 10.5. The maximum atomic E-state index is 11.6. The van der Waals surface area contributed by atoms with Crippen LogP contribution in [0.4, 0.5) is 0 Å². The molecule has 2 rings (SSSR count). The Bertz CT molecular complexity index is 588. The molecule has 98 valence electrons. The number of hydrogen-bond acceptors (Lipinski definition) is 4. The van der Waals surface area contributed by atoms with E-state index < -0.39 is 0 Å². The van der Waals surface area contributed by atoms with Crippen molar-refractivity contribution < 1.29 is 9.90 Å². The maximum Gasteiger partial charge on any atom is 0.244 e. The Morgan fingerprint density at radius 2 is 2.05 bits per heavy atom. The van der Waals surface area contributed by atoms with Crippen LogP contribution in [0.3, 0.4) is 0 Å². The Morgan fingerprint density at radius 3 is 2.68 bits per heavy atom. The molecule has 0 bridgehead atoms. The van der Waals surface area contributed by atoms with Crippen LogP contribution < -0.4 is 5.43 Å². The molecule has 2 N–H and O–H groups in total. The minimum atomic E-state index is -0.185. The van der Waals surface area contributed by atoms with Crippen LogP contribution in [-0.4, -0.2) is 17.2 Å². The third-order valence-electron chi connectivity index (χ3n) is 2.44. The van der Waals surface area contributed by atoms with Crippen LogP contribution in [0.1, 0.15) is 15.3 Å². The number of carbonyl (C=O) groups excluding carboxylic acids is 1. The molecule has 0 fully saturated rings. The molecule has 0 saturated carbocycles. The third-order valence-corrected chi connectivity index (χ3v) is 3.38. The lowest BCUT2D eigenvalue weighted by Crippen LogP contribution is -2.19. The number of amides is 1. The van der Waals surface area contributed by atoms with E-state index in [9.17, 15) is 4.79 Å². The molecule has 1 amide bonds. The number of hydrazone groups is 1. The molecule has 19 heavy (non-hydrogen) atoms. The van der Waals surface area contributed by atoms with Gasteiger partial charge in [0.1, 0.15) is 5.75 Å². The molecule has 4 nitrogen and oxygen atoms in total.